The van der Waals surface area contributed by atoms with Gasteiger partial charge in [0.15, 0.2) is 0 Å². The average molecular weight is 345 g/mol. The topological polar surface area (TPSA) is 52.7 Å². The minimum atomic E-state index is -0.182. The second-order valence-corrected chi connectivity index (χ2v) is 7.07. The number of aryl methyl sites for hydroxylation is 1. The molecule has 0 unspecified atom stereocenters. The van der Waals surface area contributed by atoms with Crippen LogP contribution in [0.4, 0.5) is 0 Å². The molecule has 1 heterocycles. The van der Waals surface area contributed by atoms with Gasteiger partial charge in [-0.25, -0.2) is 0 Å². The van der Waals surface area contributed by atoms with Crippen LogP contribution in [-0.2, 0) is 9.59 Å². The Morgan fingerprint density at radius 1 is 1.32 bits per heavy atom. The molecule has 1 aliphatic rings. The number of hydrogen-bond donors (Lipinski definition) is 1. The highest BCUT2D eigenvalue weighted by Gasteiger charge is 2.40. The van der Waals surface area contributed by atoms with Crippen LogP contribution < -0.4 is 5.32 Å². The molecule has 1 fully saturated rings. The Morgan fingerprint density at radius 3 is 2.68 bits per heavy atom. The van der Waals surface area contributed by atoms with E-state index in [2.05, 4.69) is 10.2 Å². The molecule has 1 aromatic rings. The second kappa shape index (κ2) is 8.99. The Labute approximate surface area is 151 Å². The van der Waals surface area contributed by atoms with E-state index in [1.54, 1.807) is 0 Å². The number of amides is 2. The van der Waals surface area contributed by atoms with Crippen molar-refractivity contribution >= 4 is 11.8 Å². The summed E-state index contributed by atoms with van der Waals surface area (Å²) >= 11 is 0. The molecule has 1 saturated heterocycles. The van der Waals surface area contributed by atoms with Gasteiger partial charge in [0.25, 0.3) is 0 Å². The van der Waals surface area contributed by atoms with Crippen LogP contribution >= 0.6 is 0 Å². The molecule has 5 nitrogen and oxygen atoms in total. The lowest BCUT2D eigenvalue weighted by atomic mass is 9.82. The number of carbonyl (C=O) groups excluding carboxylic acids is 2. The van der Waals surface area contributed by atoms with E-state index in [1.165, 1.54) is 0 Å². The maximum atomic E-state index is 12.8. The van der Waals surface area contributed by atoms with Crippen LogP contribution in [-0.4, -0.2) is 55.3 Å². The van der Waals surface area contributed by atoms with Gasteiger partial charge in [-0.2, -0.15) is 0 Å². The van der Waals surface area contributed by atoms with Crippen molar-refractivity contribution in [3.05, 3.63) is 35.4 Å². The predicted molar refractivity (Wildman–Crippen MR) is 100 cm³/mol. The predicted octanol–water partition coefficient (Wildman–Crippen LogP) is 2.36. The fraction of sp³-hybridized carbons (Fsp3) is 0.600. The zero-order valence-electron chi connectivity index (χ0n) is 15.9. The second-order valence-electron chi connectivity index (χ2n) is 7.07. The molecular formula is C20H31N3O2. The smallest absolute Gasteiger partial charge is 0.225 e. The lowest BCUT2D eigenvalue weighted by Gasteiger charge is -2.41. The van der Waals surface area contributed by atoms with Crippen molar-refractivity contribution in [1.29, 1.82) is 0 Å². The lowest BCUT2D eigenvalue weighted by molar-refractivity contribution is -0.143. The number of nitrogens with zero attached hydrogens (tertiary/aromatic N) is 2. The Kier molecular flexibility index (Phi) is 7.00. The van der Waals surface area contributed by atoms with Crippen molar-refractivity contribution in [1.82, 2.24) is 15.1 Å². The summed E-state index contributed by atoms with van der Waals surface area (Å²) < 4.78 is 0. The van der Waals surface area contributed by atoms with Gasteiger partial charge in [-0.3, -0.25) is 9.59 Å². The van der Waals surface area contributed by atoms with Crippen LogP contribution in [0.3, 0.4) is 0 Å². The molecule has 25 heavy (non-hydrogen) atoms. The molecular weight excluding hydrogens is 314 g/mol. The van der Waals surface area contributed by atoms with Gasteiger partial charge in [0.1, 0.15) is 0 Å². The van der Waals surface area contributed by atoms with E-state index in [9.17, 15) is 9.59 Å². The Bertz CT molecular complexity index is 600. The van der Waals surface area contributed by atoms with E-state index in [0.29, 0.717) is 25.9 Å². The maximum Gasteiger partial charge on any atom is 0.225 e. The van der Waals surface area contributed by atoms with Gasteiger partial charge in [0, 0.05) is 19.5 Å². The molecule has 2 amide bonds. The third kappa shape index (κ3) is 4.82. The van der Waals surface area contributed by atoms with E-state index in [4.69, 9.17) is 0 Å². The molecule has 0 aromatic heterocycles. The fourth-order valence-electron chi connectivity index (χ4n) is 3.64. The standard InChI is InChI=1S/C20H31N3O2/c1-5-23-18(24)12-11-17(20(25)21-13-8-14-22(3)4)19(23)16-10-7-6-9-15(16)2/h6-7,9-10,17,19H,5,8,11-14H2,1-4H3,(H,21,25)/t17-,19+/m1/s1. The molecule has 1 aromatic carbocycles. The number of benzene rings is 1. The summed E-state index contributed by atoms with van der Waals surface area (Å²) in [6.07, 6.45) is 2.00. The van der Waals surface area contributed by atoms with Crippen molar-refractivity contribution in [2.75, 3.05) is 33.7 Å². The van der Waals surface area contributed by atoms with Crippen molar-refractivity contribution in [3.63, 3.8) is 0 Å². The molecule has 2 atom stereocenters. The van der Waals surface area contributed by atoms with Crippen LogP contribution in [0.15, 0.2) is 24.3 Å². The van der Waals surface area contributed by atoms with Crippen LogP contribution in [0, 0.1) is 12.8 Å². The number of rotatable bonds is 7. The monoisotopic (exact) mass is 345 g/mol. The van der Waals surface area contributed by atoms with Gasteiger partial charge in [-0.05, 0) is 58.5 Å². The summed E-state index contributed by atoms with van der Waals surface area (Å²) in [5.74, 6) is 0.0310. The molecule has 5 heteroatoms. The zero-order valence-corrected chi connectivity index (χ0v) is 15.9. The first-order valence-corrected chi connectivity index (χ1v) is 9.23. The Morgan fingerprint density at radius 2 is 2.04 bits per heavy atom. The normalized spacial score (nSPS) is 20.8. The lowest BCUT2D eigenvalue weighted by Crippen LogP contribution is -2.48. The summed E-state index contributed by atoms with van der Waals surface area (Å²) in [6.45, 7) is 6.29. The van der Waals surface area contributed by atoms with Crippen molar-refractivity contribution in [2.24, 2.45) is 5.92 Å². The Balaban J connectivity index is 2.17. The van der Waals surface area contributed by atoms with Gasteiger partial charge in [0.2, 0.25) is 11.8 Å². The van der Waals surface area contributed by atoms with Crippen LogP contribution in [0.1, 0.15) is 43.4 Å². The molecule has 0 saturated carbocycles. The van der Waals surface area contributed by atoms with Gasteiger partial charge in [-0.1, -0.05) is 24.3 Å². The molecule has 2 rings (SSSR count). The third-order valence-corrected chi connectivity index (χ3v) is 4.97. The van der Waals surface area contributed by atoms with Gasteiger partial charge >= 0.3 is 0 Å². The first-order valence-electron chi connectivity index (χ1n) is 9.23. The third-order valence-electron chi connectivity index (χ3n) is 4.97. The summed E-state index contributed by atoms with van der Waals surface area (Å²) in [7, 11) is 4.06. The van der Waals surface area contributed by atoms with Crippen LogP contribution in [0.5, 0.6) is 0 Å². The highest BCUT2D eigenvalue weighted by molar-refractivity contribution is 5.85. The summed E-state index contributed by atoms with van der Waals surface area (Å²) in [5, 5.41) is 3.08. The Hall–Kier alpha value is -1.88. The minimum absolute atomic E-state index is 0.0676. The molecule has 138 valence electrons. The molecule has 0 spiro atoms. The molecule has 0 aliphatic carbocycles. The molecule has 1 N–H and O–H groups in total. The highest BCUT2D eigenvalue weighted by Crippen LogP contribution is 2.38. The van der Waals surface area contributed by atoms with Crippen LogP contribution in [0.2, 0.25) is 0 Å². The number of piperidine rings is 1. The van der Waals surface area contributed by atoms with Crippen LogP contribution in [0.25, 0.3) is 0 Å². The quantitative estimate of drug-likeness (QED) is 0.772. The first kappa shape index (κ1) is 19.4. The van der Waals surface area contributed by atoms with E-state index in [1.807, 2.05) is 57.1 Å². The van der Waals surface area contributed by atoms with Crippen molar-refractivity contribution < 1.29 is 9.59 Å². The molecule has 0 bridgehead atoms. The van der Waals surface area contributed by atoms with E-state index < -0.39 is 0 Å². The van der Waals surface area contributed by atoms with Crippen molar-refractivity contribution in [3.8, 4) is 0 Å². The van der Waals surface area contributed by atoms with Gasteiger partial charge < -0.3 is 15.1 Å². The largest absolute Gasteiger partial charge is 0.356 e. The highest BCUT2D eigenvalue weighted by atomic mass is 16.2. The SMILES string of the molecule is CCN1C(=O)CC[C@@H](C(=O)NCCCN(C)C)[C@@H]1c1ccccc1C. The summed E-state index contributed by atoms with van der Waals surface area (Å²) in [6, 6.07) is 7.92. The van der Waals surface area contributed by atoms with Gasteiger partial charge in [-0.15, -0.1) is 0 Å². The molecule has 1 aliphatic heterocycles. The van der Waals surface area contributed by atoms with E-state index >= 15 is 0 Å². The average Bonchev–Trinajstić information content (AvgIpc) is 2.58. The number of carbonyl (C=O) groups is 2. The maximum absolute atomic E-state index is 12.8. The number of nitrogens with one attached hydrogen (secondary N) is 1. The summed E-state index contributed by atoms with van der Waals surface area (Å²) in [5.41, 5.74) is 2.22. The first-order chi connectivity index (χ1) is 12.0. The summed E-state index contributed by atoms with van der Waals surface area (Å²) in [4.78, 5) is 29.2. The number of likely N-dealkylation sites (tertiary alicyclic amines) is 1. The van der Waals surface area contributed by atoms with E-state index in [-0.39, 0.29) is 23.8 Å². The number of hydrogen-bond acceptors (Lipinski definition) is 3. The molecule has 0 radical (unpaired) electrons. The van der Waals surface area contributed by atoms with E-state index in [0.717, 1.165) is 24.1 Å². The fourth-order valence-corrected chi connectivity index (χ4v) is 3.64. The van der Waals surface area contributed by atoms with Crippen molar-refractivity contribution in [2.45, 2.75) is 39.2 Å². The van der Waals surface area contributed by atoms with Gasteiger partial charge in [0.05, 0.1) is 12.0 Å². The minimum Gasteiger partial charge on any atom is -0.356 e. The zero-order chi connectivity index (χ0) is 18.4.